The molecule has 0 aliphatic heterocycles. The Morgan fingerprint density at radius 1 is 1.28 bits per heavy atom. The number of fused-ring (bicyclic) bond motifs is 1. The molecule has 1 aliphatic rings. The highest BCUT2D eigenvalue weighted by molar-refractivity contribution is 9.10. The van der Waals surface area contributed by atoms with Gasteiger partial charge in [-0.15, -0.1) is 0 Å². The summed E-state index contributed by atoms with van der Waals surface area (Å²) in [5.74, 6) is 0.291. The van der Waals surface area contributed by atoms with Crippen LogP contribution >= 0.6 is 15.9 Å². The van der Waals surface area contributed by atoms with E-state index >= 15 is 0 Å². The molecule has 3 nitrogen and oxygen atoms in total. The van der Waals surface area contributed by atoms with Crippen LogP contribution in [0.4, 0.5) is 10.2 Å². The second kappa shape index (κ2) is 4.39. The lowest BCUT2D eigenvalue weighted by Gasteiger charge is -2.13. The maximum atomic E-state index is 13.6. The number of rotatable bonds is 1. The van der Waals surface area contributed by atoms with Gasteiger partial charge in [-0.25, -0.2) is 9.07 Å². The Morgan fingerprint density at radius 3 is 2.83 bits per heavy atom. The Kier molecular flexibility index (Phi) is 2.86. The average molecular weight is 310 g/mol. The Morgan fingerprint density at radius 2 is 2.06 bits per heavy atom. The molecule has 2 aromatic rings. The summed E-state index contributed by atoms with van der Waals surface area (Å²) in [4.78, 5) is 0. The van der Waals surface area contributed by atoms with Crippen LogP contribution in [0, 0.1) is 5.82 Å². The molecule has 1 heterocycles. The molecule has 0 unspecified atom stereocenters. The fourth-order valence-corrected chi connectivity index (χ4v) is 2.70. The van der Waals surface area contributed by atoms with Crippen LogP contribution in [0.15, 0.2) is 22.7 Å². The Balaban J connectivity index is 2.14. The van der Waals surface area contributed by atoms with Crippen molar-refractivity contribution < 1.29 is 4.39 Å². The molecule has 18 heavy (non-hydrogen) atoms. The number of nitrogens with two attached hydrogens (primary N) is 1. The van der Waals surface area contributed by atoms with E-state index in [0.29, 0.717) is 10.3 Å². The van der Waals surface area contributed by atoms with Gasteiger partial charge in [0, 0.05) is 17.3 Å². The van der Waals surface area contributed by atoms with Crippen molar-refractivity contribution in [2.24, 2.45) is 0 Å². The zero-order chi connectivity index (χ0) is 12.7. The van der Waals surface area contributed by atoms with Crippen LogP contribution in [-0.4, -0.2) is 9.78 Å². The van der Waals surface area contributed by atoms with Crippen LogP contribution < -0.4 is 5.73 Å². The summed E-state index contributed by atoms with van der Waals surface area (Å²) >= 11 is 3.15. The maximum Gasteiger partial charge on any atom is 0.149 e. The third-order valence-corrected chi connectivity index (χ3v) is 4.00. The molecule has 0 radical (unpaired) electrons. The minimum Gasteiger partial charge on any atom is -0.382 e. The molecule has 0 bridgehead atoms. The lowest BCUT2D eigenvalue weighted by Crippen LogP contribution is -2.08. The number of nitrogen functional groups attached to an aromatic ring is 1. The number of halogens is 2. The van der Waals surface area contributed by atoms with Gasteiger partial charge in [-0.3, -0.25) is 0 Å². The molecule has 0 fully saturated rings. The van der Waals surface area contributed by atoms with Gasteiger partial charge in [0.25, 0.3) is 0 Å². The monoisotopic (exact) mass is 309 g/mol. The highest BCUT2D eigenvalue weighted by atomic mass is 79.9. The van der Waals surface area contributed by atoms with Crippen molar-refractivity contribution in [3.8, 4) is 5.69 Å². The van der Waals surface area contributed by atoms with Gasteiger partial charge >= 0.3 is 0 Å². The molecule has 0 spiro atoms. The molecule has 1 aromatic heterocycles. The molecule has 5 heteroatoms. The normalized spacial score (nSPS) is 14.6. The second-order valence-corrected chi connectivity index (χ2v) is 5.38. The number of hydrogen-bond acceptors (Lipinski definition) is 2. The molecule has 0 saturated carbocycles. The van der Waals surface area contributed by atoms with E-state index in [2.05, 4.69) is 21.0 Å². The van der Waals surface area contributed by atoms with E-state index < -0.39 is 0 Å². The van der Waals surface area contributed by atoms with E-state index in [0.717, 1.165) is 42.6 Å². The van der Waals surface area contributed by atoms with E-state index in [1.54, 1.807) is 10.7 Å². The first kappa shape index (κ1) is 11.7. The summed E-state index contributed by atoms with van der Waals surface area (Å²) in [6, 6.07) is 5.01. The Bertz CT molecular complexity index is 607. The molecule has 1 aliphatic carbocycles. The minimum atomic E-state index is -0.286. The van der Waals surface area contributed by atoms with E-state index in [4.69, 9.17) is 5.73 Å². The van der Waals surface area contributed by atoms with Crippen LogP contribution in [0.5, 0.6) is 0 Å². The summed E-state index contributed by atoms with van der Waals surface area (Å²) in [6.07, 6.45) is 4.21. The first-order valence-electron chi connectivity index (χ1n) is 5.98. The fraction of sp³-hybridized carbons (Fsp3) is 0.308. The van der Waals surface area contributed by atoms with E-state index in [1.807, 2.05) is 6.07 Å². The number of anilines is 1. The van der Waals surface area contributed by atoms with Crippen molar-refractivity contribution in [3.05, 3.63) is 39.7 Å². The SMILES string of the molecule is Nc1nn(-c2ccc(Br)c(F)c2)c2c1CCCC2. The van der Waals surface area contributed by atoms with Crippen LogP contribution in [0.3, 0.4) is 0 Å². The van der Waals surface area contributed by atoms with Gasteiger partial charge in [-0.2, -0.15) is 5.10 Å². The van der Waals surface area contributed by atoms with Gasteiger partial charge in [0.05, 0.1) is 10.2 Å². The van der Waals surface area contributed by atoms with E-state index in [9.17, 15) is 4.39 Å². The first-order valence-corrected chi connectivity index (χ1v) is 6.78. The third-order valence-electron chi connectivity index (χ3n) is 3.36. The number of nitrogens with zero attached hydrogens (tertiary/aromatic N) is 2. The average Bonchev–Trinajstić information content (AvgIpc) is 2.71. The summed E-state index contributed by atoms with van der Waals surface area (Å²) < 4.78 is 15.8. The lowest BCUT2D eigenvalue weighted by atomic mass is 9.97. The largest absolute Gasteiger partial charge is 0.382 e. The maximum absolute atomic E-state index is 13.6. The molecular weight excluding hydrogens is 297 g/mol. The van der Waals surface area contributed by atoms with Crippen molar-refractivity contribution in [1.29, 1.82) is 0 Å². The van der Waals surface area contributed by atoms with Crippen LogP contribution in [0.1, 0.15) is 24.1 Å². The lowest BCUT2D eigenvalue weighted by molar-refractivity contribution is 0.615. The molecule has 0 amide bonds. The molecule has 94 valence electrons. The zero-order valence-corrected chi connectivity index (χ0v) is 11.4. The Hall–Kier alpha value is -1.36. The zero-order valence-electron chi connectivity index (χ0n) is 9.79. The predicted molar refractivity (Wildman–Crippen MR) is 72.3 cm³/mol. The topological polar surface area (TPSA) is 43.8 Å². The minimum absolute atomic E-state index is 0.286. The fourth-order valence-electron chi connectivity index (χ4n) is 2.46. The standard InChI is InChI=1S/C13H13BrFN3/c14-10-6-5-8(7-11(10)15)18-12-4-2-1-3-9(12)13(16)17-18/h5-7H,1-4H2,(H2,16,17). The van der Waals surface area contributed by atoms with Crippen LogP contribution in [-0.2, 0) is 12.8 Å². The number of hydrogen-bond donors (Lipinski definition) is 1. The van der Waals surface area contributed by atoms with Gasteiger partial charge in [0.2, 0.25) is 0 Å². The Labute approximate surface area is 113 Å². The van der Waals surface area contributed by atoms with Crippen LogP contribution in [0.25, 0.3) is 5.69 Å². The molecule has 2 N–H and O–H groups in total. The molecule has 3 rings (SSSR count). The van der Waals surface area contributed by atoms with Crippen molar-refractivity contribution in [2.75, 3.05) is 5.73 Å². The summed E-state index contributed by atoms with van der Waals surface area (Å²) in [6.45, 7) is 0. The molecule has 1 aromatic carbocycles. The smallest absolute Gasteiger partial charge is 0.149 e. The van der Waals surface area contributed by atoms with Gasteiger partial charge in [-0.1, -0.05) is 0 Å². The second-order valence-electron chi connectivity index (χ2n) is 4.53. The van der Waals surface area contributed by atoms with Crippen molar-refractivity contribution in [2.45, 2.75) is 25.7 Å². The summed E-state index contributed by atoms with van der Waals surface area (Å²) in [7, 11) is 0. The summed E-state index contributed by atoms with van der Waals surface area (Å²) in [5, 5.41) is 4.35. The van der Waals surface area contributed by atoms with Crippen molar-refractivity contribution >= 4 is 21.7 Å². The van der Waals surface area contributed by atoms with Crippen molar-refractivity contribution in [1.82, 2.24) is 9.78 Å². The highest BCUT2D eigenvalue weighted by Gasteiger charge is 2.20. The molecular formula is C13H13BrFN3. The predicted octanol–water partition coefficient (Wildman–Crippen LogP) is 3.23. The third kappa shape index (κ3) is 1.82. The quantitative estimate of drug-likeness (QED) is 0.879. The van der Waals surface area contributed by atoms with Gasteiger partial charge < -0.3 is 5.73 Å². The van der Waals surface area contributed by atoms with Gasteiger partial charge in [-0.05, 0) is 53.7 Å². The van der Waals surface area contributed by atoms with Crippen LogP contribution in [0.2, 0.25) is 0 Å². The van der Waals surface area contributed by atoms with E-state index in [-0.39, 0.29) is 5.82 Å². The van der Waals surface area contributed by atoms with Crippen molar-refractivity contribution in [3.63, 3.8) is 0 Å². The van der Waals surface area contributed by atoms with Gasteiger partial charge in [0.15, 0.2) is 0 Å². The number of aromatic nitrogens is 2. The number of benzene rings is 1. The first-order chi connectivity index (χ1) is 8.66. The summed E-state index contributed by atoms with van der Waals surface area (Å²) in [5.41, 5.74) is 8.91. The van der Waals surface area contributed by atoms with Gasteiger partial charge in [0.1, 0.15) is 11.6 Å². The van der Waals surface area contributed by atoms with E-state index in [1.165, 1.54) is 6.07 Å². The molecule has 0 saturated heterocycles. The molecule has 0 atom stereocenters. The highest BCUT2D eigenvalue weighted by Crippen LogP contribution is 2.29.